The summed E-state index contributed by atoms with van der Waals surface area (Å²) in [5, 5.41) is 0. The lowest BCUT2D eigenvalue weighted by molar-refractivity contribution is 0.0303. The normalized spacial score (nSPS) is 14.2. The summed E-state index contributed by atoms with van der Waals surface area (Å²) in [6.45, 7) is 2.44. The number of primary amides is 1. The molecule has 0 radical (unpaired) electrons. The number of nitrogens with two attached hydrogens (primary N) is 1. The third kappa shape index (κ3) is 4.16. The van der Waals surface area contributed by atoms with Crippen molar-refractivity contribution in [3.63, 3.8) is 0 Å². The number of carbonyl (C=O) groups is 2. The van der Waals surface area contributed by atoms with Crippen LogP contribution in [0.2, 0.25) is 0 Å². The van der Waals surface area contributed by atoms with Crippen molar-refractivity contribution in [1.82, 2.24) is 4.90 Å². The highest BCUT2D eigenvalue weighted by Crippen LogP contribution is 2.22. The Balaban J connectivity index is 1.78. The van der Waals surface area contributed by atoms with E-state index in [9.17, 15) is 9.59 Å². The minimum Gasteiger partial charge on any atom is -0.488 e. The molecule has 130 valence electrons. The van der Waals surface area contributed by atoms with Gasteiger partial charge in [-0.3, -0.25) is 9.59 Å². The molecular weight excluding hydrogens is 320 g/mol. The molecule has 2 amide bonds. The fraction of sp³-hybridized carbons (Fsp3) is 0.263. The zero-order chi connectivity index (χ0) is 17.6. The molecule has 0 unspecified atom stereocenters. The molecule has 0 bridgehead atoms. The second-order valence-corrected chi connectivity index (χ2v) is 5.75. The van der Waals surface area contributed by atoms with Gasteiger partial charge in [0.1, 0.15) is 12.4 Å². The summed E-state index contributed by atoms with van der Waals surface area (Å²) in [4.78, 5) is 26.0. The molecule has 1 saturated heterocycles. The average molecular weight is 340 g/mol. The summed E-state index contributed by atoms with van der Waals surface area (Å²) in [7, 11) is 0. The minimum absolute atomic E-state index is 0.139. The zero-order valence-corrected chi connectivity index (χ0v) is 13.8. The summed E-state index contributed by atoms with van der Waals surface area (Å²) in [6.07, 6.45) is 0. The average Bonchev–Trinajstić information content (AvgIpc) is 2.67. The molecule has 0 saturated carbocycles. The van der Waals surface area contributed by atoms with E-state index >= 15 is 0 Å². The van der Waals surface area contributed by atoms with Gasteiger partial charge in [-0.15, -0.1) is 0 Å². The monoisotopic (exact) mass is 340 g/mol. The van der Waals surface area contributed by atoms with Gasteiger partial charge >= 0.3 is 0 Å². The second-order valence-electron chi connectivity index (χ2n) is 5.75. The largest absolute Gasteiger partial charge is 0.488 e. The summed E-state index contributed by atoms with van der Waals surface area (Å²) >= 11 is 0. The van der Waals surface area contributed by atoms with Crippen molar-refractivity contribution in [2.24, 2.45) is 5.73 Å². The lowest BCUT2D eigenvalue weighted by atomic mass is 10.1. The molecule has 1 fully saturated rings. The molecule has 1 heterocycles. The number of benzene rings is 2. The first-order valence-electron chi connectivity index (χ1n) is 8.13. The van der Waals surface area contributed by atoms with E-state index < -0.39 is 5.91 Å². The fourth-order valence-corrected chi connectivity index (χ4v) is 2.67. The molecule has 1 aliphatic rings. The summed E-state index contributed by atoms with van der Waals surface area (Å²) in [5.74, 6) is -0.394. The van der Waals surface area contributed by atoms with E-state index in [2.05, 4.69) is 0 Å². The number of morpholine rings is 1. The summed E-state index contributed by atoms with van der Waals surface area (Å²) in [5.41, 5.74) is 7.07. The topological polar surface area (TPSA) is 81.9 Å². The summed E-state index contributed by atoms with van der Waals surface area (Å²) in [6, 6.07) is 14.4. The van der Waals surface area contributed by atoms with Crippen LogP contribution in [0, 0.1) is 0 Å². The van der Waals surface area contributed by atoms with Crippen LogP contribution < -0.4 is 10.5 Å². The van der Waals surface area contributed by atoms with Crippen molar-refractivity contribution >= 4 is 11.8 Å². The predicted molar refractivity (Wildman–Crippen MR) is 92.5 cm³/mol. The molecule has 0 aliphatic carbocycles. The number of carbonyl (C=O) groups excluding carboxylic acids is 2. The first-order chi connectivity index (χ1) is 12.1. The number of hydrogen-bond donors (Lipinski definition) is 1. The van der Waals surface area contributed by atoms with Crippen LogP contribution >= 0.6 is 0 Å². The number of amides is 2. The Hall–Kier alpha value is -2.86. The van der Waals surface area contributed by atoms with E-state index in [0.29, 0.717) is 44.2 Å². The molecule has 25 heavy (non-hydrogen) atoms. The van der Waals surface area contributed by atoms with Crippen LogP contribution in [0.5, 0.6) is 5.75 Å². The Kier molecular flexibility index (Phi) is 5.30. The number of ether oxygens (including phenoxy) is 2. The maximum absolute atomic E-state index is 12.5. The Labute approximate surface area is 146 Å². The van der Waals surface area contributed by atoms with Crippen molar-refractivity contribution in [3.8, 4) is 5.75 Å². The molecule has 0 atom stereocenters. The molecular formula is C19H20N2O4. The molecule has 0 aromatic heterocycles. The van der Waals surface area contributed by atoms with E-state index in [1.807, 2.05) is 30.3 Å². The van der Waals surface area contributed by atoms with Gasteiger partial charge in [0.05, 0.1) is 18.8 Å². The Morgan fingerprint density at radius 3 is 2.48 bits per heavy atom. The Morgan fingerprint density at radius 1 is 1.08 bits per heavy atom. The molecule has 6 heteroatoms. The number of hydrogen-bond acceptors (Lipinski definition) is 4. The molecule has 2 aromatic carbocycles. The highest BCUT2D eigenvalue weighted by Gasteiger charge is 2.21. The van der Waals surface area contributed by atoms with E-state index in [-0.39, 0.29) is 11.5 Å². The van der Waals surface area contributed by atoms with Crippen LogP contribution in [0.15, 0.2) is 48.5 Å². The fourth-order valence-electron chi connectivity index (χ4n) is 2.67. The van der Waals surface area contributed by atoms with Gasteiger partial charge in [0.15, 0.2) is 0 Å². The van der Waals surface area contributed by atoms with Crippen LogP contribution in [-0.4, -0.2) is 43.0 Å². The van der Waals surface area contributed by atoms with Crippen LogP contribution in [0.3, 0.4) is 0 Å². The van der Waals surface area contributed by atoms with Crippen molar-refractivity contribution in [3.05, 3.63) is 65.2 Å². The minimum atomic E-state index is -0.625. The lowest BCUT2D eigenvalue weighted by Crippen LogP contribution is -2.40. The van der Waals surface area contributed by atoms with Crippen molar-refractivity contribution < 1.29 is 19.1 Å². The van der Waals surface area contributed by atoms with Gasteiger partial charge in [-0.2, -0.15) is 0 Å². The zero-order valence-electron chi connectivity index (χ0n) is 13.8. The van der Waals surface area contributed by atoms with Crippen molar-refractivity contribution in [1.29, 1.82) is 0 Å². The van der Waals surface area contributed by atoms with Gasteiger partial charge in [-0.05, 0) is 23.8 Å². The van der Waals surface area contributed by atoms with E-state index in [4.69, 9.17) is 15.2 Å². The smallest absolute Gasteiger partial charge is 0.254 e. The number of nitrogens with zero attached hydrogens (tertiary/aromatic N) is 1. The second kappa shape index (κ2) is 7.81. The molecule has 2 N–H and O–H groups in total. The van der Waals surface area contributed by atoms with E-state index in [1.165, 1.54) is 6.07 Å². The van der Waals surface area contributed by atoms with E-state index in [0.717, 1.165) is 5.56 Å². The molecule has 1 aliphatic heterocycles. The maximum Gasteiger partial charge on any atom is 0.254 e. The lowest BCUT2D eigenvalue weighted by Gasteiger charge is -2.27. The SMILES string of the molecule is NC(=O)c1cc(C(=O)N2CCOCC2)ccc1OCc1ccccc1. The first-order valence-corrected chi connectivity index (χ1v) is 8.13. The van der Waals surface area contributed by atoms with Crippen molar-refractivity contribution in [2.45, 2.75) is 6.61 Å². The van der Waals surface area contributed by atoms with Crippen LogP contribution in [-0.2, 0) is 11.3 Å². The Bertz CT molecular complexity index is 755. The third-order valence-electron chi connectivity index (χ3n) is 4.03. The quantitative estimate of drug-likeness (QED) is 0.900. The first kappa shape index (κ1) is 17.0. The van der Waals surface area contributed by atoms with Crippen LogP contribution in [0.4, 0.5) is 0 Å². The highest BCUT2D eigenvalue weighted by atomic mass is 16.5. The van der Waals surface area contributed by atoms with Gasteiger partial charge in [-0.1, -0.05) is 30.3 Å². The van der Waals surface area contributed by atoms with Gasteiger partial charge in [0, 0.05) is 18.7 Å². The maximum atomic E-state index is 12.5. The molecule has 2 aromatic rings. The van der Waals surface area contributed by atoms with Crippen molar-refractivity contribution in [2.75, 3.05) is 26.3 Å². The summed E-state index contributed by atoms with van der Waals surface area (Å²) < 4.78 is 11.0. The van der Waals surface area contributed by atoms with Crippen LogP contribution in [0.1, 0.15) is 26.3 Å². The molecule has 6 nitrogen and oxygen atoms in total. The standard InChI is InChI=1S/C19H20N2O4/c20-18(22)16-12-15(19(23)21-8-10-24-11-9-21)6-7-17(16)25-13-14-4-2-1-3-5-14/h1-7,12H,8-11,13H2,(H2,20,22). The predicted octanol–water partition coefficient (Wildman–Crippen LogP) is 1.84. The number of rotatable bonds is 5. The molecule has 3 rings (SSSR count). The van der Waals surface area contributed by atoms with E-state index in [1.54, 1.807) is 17.0 Å². The Morgan fingerprint density at radius 2 is 1.80 bits per heavy atom. The molecule has 0 spiro atoms. The van der Waals surface area contributed by atoms with Crippen LogP contribution in [0.25, 0.3) is 0 Å². The highest BCUT2D eigenvalue weighted by molar-refractivity contribution is 6.00. The van der Waals surface area contributed by atoms with Gasteiger partial charge in [0.25, 0.3) is 11.8 Å². The van der Waals surface area contributed by atoms with Gasteiger partial charge in [0.2, 0.25) is 0 Å². The third-order valence-corrected chi connectivity index (χ3v) is 4.03. The van der Waals surface area contributed by atoms with Gasteiger partial charge in [-0.25, -0.2) is 0 Å². The van der Waals surface area contributed by atoms with Gasteiger partial charge < -0.3 is 20.1 Å².